The number of aliphatic carboxylic acids is 1. The molecule has 0 atom stereocenters. The van der Waals surface area contributed by atoms with Crippen LogP contribution in [-0.2, 0) is 11.2 Å². The Balaban J connectivity index is 2.52. The van der Waals surface area contributed by atoms with Crippen LogP contribution < -0.4 is 4.74 Å². The van der Waals surface area contributed by atoms with Crippen molar-refractivity contribution in [1.29, 1.82) is 0 Å². The second kappa shape index (κ2) is 7.17. The molecule has 1 N–H and O–H groups in total. The first-order valence-electron chi connectivity index (χ1n) is 5.76. The summed E-state index contributed by atoms with van der Waals surface area (Å²) in [5, 5.41) is 9.13. The van der Waals surface area contributed by atoms with E-state index in [1.165, 1.54) is 0 Å². The summed E-state index contributed by atoms with van der Waals surface area (Å²) >= 11 is 6.07. The summed E-state index contributed by atoms with van der Waals surface area (Å²) in [5.41, 5.74) is 1.04. The summed E-state index contributed by atoms with van der Waals surface area (Å²) < 4.78 is 5.46. The van der Waals surface area contributed by atoms with Gasteiger partial charge in [0, 0.05) is 6.42 Å². The highest BCUT2D eigenvalue weighted by Crippen LogP contribution is 2.26. The third kappa shape index (κ3) is 5.09. The summed E-state index contributed by atoms with van der Waals surface area (Å²) in [6.45, 7) is 2.69. The number of hydrogen-bond donors (Lipinski definition) is 1. The van der Waals surface area contributed by atoms with Gasteiger partial charge in [0.25, 0.3) is 0 Å². The van der Waals surface area contributed by atoms with Crippen LogP contribution in [0, 0.1) is 0 Å². The lowest BCUT2D eigenvalue weighted by Gasteiger charge is -2.08. The maximum absolute atomic E-state index is 10.4. The second-order valence-corrected chi connectivity index (χ2v) is 4.27. The molecule has 0 radical (unpaired) electrons. The molecule has 1 aromatic carbocycles. The van der Waals surface area contributed by atoms with Crippen molar-refractivity contribution in [2.45, 2.75) is 32.6 Å². The first-order valence-corrected chi connectivity index (χ1v) is 6.14. The molecule has 4 heteroatoms. The van der Waals surface area contributed by atoms with Crippen molar-refractivity contribution in [3.8, 4) is 5.75 Å². The lowest BCUT2D eigenvalue weighted by molar-refractivity contribution is -0.137. The zero-order valence-corrected chi connectivity index (χ0v) is 10.7. The van der Waals surface area contributed by atoms with Gasteiger partial charge in [-0.1, -0.05) is 24.6 Å². The first kappa shape index (κ1) is 13.8. The standard InChI is InChI=1S/C13H17ClO3/c1-2-8-17-12-7-6-10(9-11(12)14)4-3-5-13(15)16/h6-7,9H,2-5,8H2,1H3,(H,15,16). The van der Waals surface area contributed by atoms with E-state index in [4.69, 9.17) is 21.4 Å². The minimum Gasteiger partial charge on any atom is -0.492 e. The van der Waals surface area contributed by atoms with Crippen LogP contribution in [0.15, 0.2) is 18.2 Å². The summed E-state index contributed by atoms with van der Waals surface area (Å²) in [6, 6.07) is 5.61. The fraction of sp³-hybridized carbons (Fsp3) is 0.462. The Morgan fingerprint density at radius 2 is 2.24 bits per heavy atom. The molecule has 3 nitrogen and oxygen atoms in total. The van der Waals surface area contributed by atoms with Crippen molar-refractivity contribution in [2.75, 3.05) is 6.61 Å². The maximum Gasteiger partial charge on any atom is 0.303 e. The highest BCUT2D eigenvalue weighted by molar-refractivity contribution is 6.32. The molecule has 0 bridgehead atoms. The van der Waals surface area contributed by atoms with Crippen molar-refractivity contribution < 1.29 is 14.6 Å². The average Bonchev–Trinajstić information content (AvgIpc) is 2.27. The van der Waals surface area contributed by atoms with Crippen LogP contribution in [0.3, 0.4) is 0 Å². The molecule has 1 aromatic rings. The van der Waals surface area contributed by atoms with Crippen LogP contribution in [0.25, 0.3) is 0 Å². The van der Waals surface area contributed by atoms with E-state index in [0.29, 0.717) is 23.8 Å². The van der Waals surface area contributed by atoms with Crippen LogP contribution in [0.4, 0.5) is 0 Å². The smallest absolute Gasteiger partial charge is 0.303 e. The molecule has 0 heterocycles. The molecule has 94 valence electrons. The van der Waals surface area contributed by atoms with Gasteiger partial charge >= 0.3 is 5.97 Å². The van der Waals surface area contributed by atoms with Crippen LogP contribution in [0.1, 0.15) is 31.7 Å². The molecule has 0 aliphatic carbocycles. The number of halogens is 1. The molecule has 1 rings (SSSR count). The molecule has 0 aromatic heterocycles. The van der Waals surface area contributed by atoms with E-state index in [1.807, 2.05) is 25.1 Å². The van der Waals surface area contributed by atoms with Gasteiger partial charge in [0.2, 0.25) is 0 Å². The SMILES string of the molecule is CCCOc1ccc(CCCC(=O)O)cc1Cl. The molecule has 0 unspecified atom stereocenters. The number of aryl methyl sites for hydroxylation is 1. The van der Waals surface area contributed by atoms with Crippen LogP contribution in [0.5, 0.6) is 5.75 Å². The van der Waals surface area contributed by atoms with Gasteiger partial charge in [0.1, 0.15) is 5.75 Å². The first-order chi connectivity index (χ1) is 8.13. The molecule has 0 spiro atoms. The predicted molar refractivity (Wildman–Crippen MR) is 67.8 cm³/mol. The van der Waals surface area contributed by atoms with Crippen molar-refractivity contribution >= 4 is 17.6 Å². The van der Waals surface area contributed by atoms with Gasteiger partial charge in [-0.25, -0.2) is 0 Å². The van der Waals surface area contributed by atoms with E-state index in [2.05, 4.69) is 0 Å². The molecule has 0 saturated carbocycles. The van der Waals surface area contributed by atoms with Crippen LogP contribution >= 0.6 is 11.6 Å². The topological polar surface area (TPSA) is 46.5 Å². The Kier molecular flexibility index (Phi) is 5.84. The fourth-order valence-electron chi connectivity index (χ4n) is 1.47. The number of rotatable bonds is 7. The normalized spacial score (nSPS) is 10.2. The van der Waals surface area contributed by atoms with Gasteiger partial charge in [0.15, 0.2) is 0 Å². The predicted octanol–water partition coefficient (Wildman–Crippen LogP) is 3.54. The Hall–Kier alpha value is -1.22. The number of carbonyl (C=O) groups is 1. The molecular weight excluding hydrogens is 240 g/mol. The van der Waals surface area contributed by atoms with Gasteiger partial charge in [-0.15, -0.1) is 0 Å². The number of hydrogen-bond acceptors (Lipinski definition) is 2. The number of ether oxygens (including phenoxy) is 1. The lowest BCUT2D eigenvalue weighted by Crippen LogP contribution is -1.98. The maximum atomic E-state index is 10.4. The Bertz CT molecular complexity index is 377. The van der Waals surface area contributed by atoms with Gasteiger partial charge in [0.05, 0.1) is 11.6 Å². The lowest BCUT2D eigenvalue weighted by atomic mass is 10.1. The van der Waals surface area contributed by atoms with Crippen molar-refractivity contribution in [2.24, 2.45) is 0 Å². The molecule has 0 aliphatic heterocycles. The van der Waals surface area contributed by atoms with Gasteiger partial charge in [-0.3, -0.25) is 4.79 Å². The zero-order chi connectivity index (χ0) is 12.7. The van der Waals surface area contributed by atoms with Crippen molar-refractivity contribution in [1.82, 2.24) is 0 Å². The van der Waals surface area contributed by atoms with Gasteiger partial charge in [-0.05, 0) is 37.0 Å². The van der Waals surface area contributed by atoms with Crippen molar-refractivity contribution in [3.05, 3.63) is 28.8 Å². The monoisotopic (exact) mass is 256 g/mol. The summed E-state index contributed by atoms with van der Waals surface area (Å²) in [5.74, 6) is -0.0745. The Morgan fingerprint density at radius 1 is 1.47 bits per heavy atom. The zero-order valence-electron chi connectivity index (χ0n) is 9.91. The van der Waals surface area contributed by atoms with Crippen LogP contribution in [0.2, 0.25) is 5.02 Å². The molecular formula is C13H17ClO3. The van der Waals surface area contributed by atoms with E-state index in [-0.39, 0.29) is 6.42 Å². The summed E-state index contributed by atoms with van der Waals surface area (Å²) in [7, 11) is 0. The number of carboxylic acid groups (broad SMARTS) is 1. The minimum absolute atomic E-state index is 0.186. The van der Waals surface area contributed by atoms with E-state index in [0.717, 1.165) is 18.4 Å². The van der Waals surface area contributed by atoms with E-state index < -0.39 is 5.97 Å². The number of carboxylic acids is 1. The van der Waals surface area contributed by atoms with Crippen molar-refractivity contribution in [3.63, 3.8) is 0 Å². The largest absolute Gasteiger partial charge is 0.492 e. The molecule has 0 amide bonds. The van der Waals surface area contributed by atoms with E-state index in [9.17, 15) is 4.79 Å². The third-order valence-corrected chi connectivity index (χ3v) is 2.61. The van der Waals surface area contributed by atoms with E-state index >= 15 is 0 Å². The van der Waals surface area contributed by atoms with Crippen LogP contribution in [-0.4, -0.2) is 17.7 Å². The average molecular weight is 257 g/mol. The molecule has 0 saturated heterocycles. The Morgan fingerprint density at radius 3 is 2.82 bits per heavy atom. The van der Waals surface area contributed by atoms with Gasteiger partial charge < -0.3 is 9.84 Å². The third-order valence-electron chi connectivity index (χ3n) is 2.31. The highest BCUT2D eigenvalue weighted by Gasteiger charge is 2.04. The summed E-state index contributed by atoms with van der Waals surface area (Å²) in [6.07, 6.45) is 2.48. The number of benzene rings is 1. The molecule has 17 heavy (non-hydrogen) atoms. The molecule has 0 aliphatic rings. The fourth-order valence-corrected chi connectivity index (χ4v) is 1.73. The Labute approximate surface area is 106 Å². The summed E-state index contributed by atoms with van der Waals surface area (Å²) in [4.78, 5) is 10.4. The second-order valence-electron chi connectivity index (χ2n) is 3.86. The quantitative estimate of drug-likeness (QED) is 0.812. The molecule has 0 fully saturated rings. The highest BCUT2D eigenvalue weighted by atomic mass is 35.5. The minimum atomic E-state index is -0.765. The van der Waals surface area contributed by atoms with E-state index in [1.54, 1.807) is 0 Å². The van der Waals surface area contributed by atoms with Gasteiger partial charge in [-0.2, -0.15) is 0 Å².